The maximum atomic E-state index is 6.27. The second-order valence-electron chi connectivity index (χ2n) is 6.53. The average molecular weight is 407 g/mol. The Morgan fingerprint density at radius 2 is 1.80 bits per heavy atom. The van der Waals surface area contributed by atoms with Crippen molar-refractivity contribution in [1.29, 1.82) is 0 Å². The molecule has 0 heterocycles. The third-order valence-electron chi connectivity index (χ3n) is 4.73. The van der Waals surface area contributed by atoms with Crippen molar-refractivity contribution in [3.8, 4) is 11.5 Å². The predicted molar refractivity (Wildman–Crippen MR) is 111 cm³/mol. The highest BCUT2D eigenvalue weighted by molar-refractivity contribution is 9.09. The van der Waals surface area contributed by atoms with Gasteiger partial charge in [-0.3, -0.25) is 0 Å². The Bertz CT molecular complexity index is 654. The minimum absolute atomic E-state index is 0.587. The van der Waals surface area contributed by atoms with Crippen molar-refractivity contribution >= 4 is 26.7 Å². The summed E-state index contributed by atoms with van der Waals surface area (Å²) in [4.78, 5) is 0. The van der Waals surface area contributed by atoms with E-state index >= 15 is 0 Å². The Labute approximate surface area is 161 Å². The standard InChI is InChI=1S/C22H31BrO2/c1-4-7-14-24-22-18(6-3)15-21(19-10-8-9-11-20(19)22)25-16-17(5-2)12-13-23/h8-11,15,17H,4-7,12-14,16H2,1-3H3. The molecule has 25 heavy (non-hydrogen) atoms. The predicted octanol–water partition coefficient (Wildman–Crippen LogP) is 6.77. The molecule has 0 saturated carbocycles. The molecule has 3 heteroatoms. The number of ether oxygens (including phenoxy) is 2. The summed E-state index contributed by atoms with van der Waals surface area (Å²) in [5, 5.41) is 3.35. The zero-order valence-corrected chi connectivity index (χ0v) is 17.4. The first-order valence-corrected chi connectivity index (χ1v) is 10.7. The van der Waals surface area contributed by atoms with Crippen molar-refractivity contribution in [3.63, 3.8) is 0 Å². The van der Waals surface area contributed by atoms with E-state index in [1.165, 1.54) is 10.9 Å². The minimum atomic E-state index is 0.587. The summed E-state index contributed by atoms with van der Waals surface area (Å²) in [6.45, 7) is 8.15. The normalized spacial score (nSPS) is 12.3. The van der Waals surface area contributed by atoms with Crippen LogP contribution in [-0.2, 0) is 6.42 Å². The van der Waals surface area contributed by atoms with E-state index in [0.29, 0.717) is 5.92 Å². The van der Waals surface area contributed by atoms with Gasteiger partial charge in [0.15, 0.2) is 0 Å². The Morgan fingerprint density at radius 1 is 1.04 bits per heavy atom. The smallest absolute Gasteiger partial charge is 0.130 e. The van der Waals surface area contributed by atoms with Gasteiger partial charge < -0.3 is 9.47 Å². The van der Waals surface area contributed by atoms with Crippen LogP contribution in [0, 0.1) is 5.92 Å². The van der Waals surface area contributed by atoms with Gasteiger partial charge >= 0.3 is 0 Å². The number of halogens is 1. The molecule has 0 saturated heterocycles. The van der Waals surface area contributed by atoms with Crippen molar-refractivity contribution in [3.05, 3.63) is 35.9 Å². The lowest BCUT2D eigenvalue weighted by atomic mass is 10.0. The number of unbranched alkanes of at least 4 members (excludes halogenated alkanes) is 1. The van der Waals surface area contributed by atoms with Crippen LogP contribution in [0.15, 0.2) is 30.3 Å². The molecule has 0 amide bonds. The summed E-state index contributed by atoms with van der Waals surface area (Å²) in [5.74, 6) is 2.61. The quantitative estimate of drug-likeness (QED) is 0.302. The molecule has 0 bridgehead atoms. The van der Waals surface area contributed by atoms with Gasteiger partial charge in [-0.1, -0.05) is 73.8 Å². The molecule has 0 fully saturated rings. The Kier molecular flexibility index (Phi) is 8.60. The minimum Gasteiger partial charge on any atom is -0.493 e. The van der Waals surface area contributed by atoms with Crippen molar-refractivity contribution in [2.45, 2.75) is 52.9 Å². The Morgan fingerprint density at radius 3 is 2.44 bits per heavy atom. The van der Waals surface area contributed by atoms with Gasteiger partial charge in [0.05, 0.1) is 13.2 Å². The van der Waals surface area contributed by atoms with E-state index in [-0.39, 0.29) is 0 Å². The molecule has 1 unspecified atom stereocenters. The summed E-state index contributed by atoms with van der Waals surface area (Å²) in [5.41, 5.74) is 1.23. The molecular weight excluding hydrogens is 376 g/mol. The fourth-order valence-corrected chi connectivity index (χ4v) is 3.66. The number of rotatable bonds is 11. The number of benzene rings is 2. The van der Waals surface area contributed by atoms with Crippen LogP contribution in [0.5, 0.6) is 11.5 Å². The fourth-order valence-electron chi connectivity index (χ4n) is 3.01. The van der Waals surface area contributed by atoms with Gasteiger partial charge in [0.2, 0.25) is 0 Å². The van der Waals surface area contributed by atoms with Crippen molar-refractivity contribution < 1.29 is 9.47 Å². The molecule has 0 aliphatic carbocycles. The van der Waals surface area contributed by atoms with Gasteiger partial charge in [-0.05, 0) is 36.8 Å². The average Bonchev–Trinajstić information content (AvgIpc) is 2.65. The van der Waals surface area contributed by atoms with E-state index in [1.54, 1.807) is 0 Å². The van der Waals surface area contributed by atoms with Gasteiger partial charge in [-0.25, -0.2) is 0 Å². The molecule has 2 rings (SSSR count). The lowest BCUT2D eigenvalue weighted by molar-refractivity contribution is 0.243. The summed E-state index contributed by atoms with van der Waals surface area (Å²) < 4.78 is 12.4. The number of hydrogen-bond acceptors (Lipinski definition) is 2. The first-order valence-electron chi connectivity index (χ1n) is 9.61. The number of fused-ring (bicyclic) bond motifs is 1. The molecule has 2 aromatic rings. The van der Waals surface area contributed by atoms with Crippen molar-refractivity contribution in [2.75, 3.05) is 18.5 Å². The number of alkyl halides is 1. The highest BCUT2D eigenvalue weighted by atomic mass is 79.9. The summed E-state index contributed by atoms with van der Waals surface area (Å²) >= 11 is 3.55. The molecule has 2 nitrogen and oxygen atoms in total. The third-order valence-corrected chi connectivity index (χ3v) is 5.19. The van der Waals surface area contributed by atoms with Gasteiger partial charge in [-0.2, -0.15) is 0 Å². The van der Waals surface area contributed by atoms with E-state index < -0.39 is 0 Å². The number of hydrogen-bond donors (Lipinski definition) is 0. The fraction of sp³-hybridized carbons (Fsp3) is 0.545. The van der Waals surface area contributed by atoms with Crippen LogP contribution in [-0.4, -0.2) is 18.5 Å². The van der Waals surface area contributed by atoms with Gasteiger partial charge in [-0.15, -0.1) is 0 Å². The second kappa shape index (κ2) is 10.7. The van der Waals surface area contributed by atoms with Crippen LogP contribution in [0.25, 0.3) is 10.8 Å². The van der Waals surface area contributed by atoms with Crippen LogP contribution >= 0.6 is 15.9 Å². The highest BCUT2D eigenvalue weighted by Gasteiger charge is 2.14. The van der Waals surface area contributed by atoms with E-state index in [1.807, 2.05) is 0 Å². The Balaban J connectivity index is 2.33. The molecule has 0 spiro atoms. The van der Waals surface area contributed by atoms with Crippen molar-refractivity contribution in [1.82, 2.24) is 0 Å². The Hall–Kier alpha value is -1.22. The molecule has 2 aromatic carbocycles. The van der Waals surface area contributed by atoms with Crippen molar-refractivity contribution in [2.24, 2.45) is 5.92 Å². The first-order chi connectivity index (χ1) is 12.2. The lowest BCUT2D eigenvalue weighted by Gasteiger charge is -2.19. The topological polar surface area (TPSA) is 18.5 Å². The summed E-state index contributed by atoms with van der Waals surface area (Å²) in [7, 11) is 0. The van der Waals surface area contributed by atoms with E-state index in [4.69, 9.17) is 9.47 Å². The first kappa shape index (κ1) is 20.1. The molecule has 0 aliphatic rings. The van der Waals surface area contributed by atoms with Crippen LogP contribution in [0.2, 0.25) is 0 Å². The third kappa shape index (κ3) is 5.37. The maximum absolute atomic E-state index is 6.27. The monoisotopic (exact) mass is 406 g/mol. The van der Waals surface area contributed by atoms with Crippen LogP contribution in [0.4, 0.5) is 0 Å². The largest absolute Gasteiger partial charge is 0.493 e. The zero-order chi connectivity index (χ0) is 18.1. The molecule has 0 N–H and O–H groups in total. The van der Waals surface area contributed by atoms with Gasteiger partial charge in [0, 0.05) is 16.1 Å². The SMILES string of the molecule is CCCCOc1c(CC)cc(OCC(CC)CCBr)c2ccccc12. The molecule has 0 radical (unpaired) electrons. The molecule has 0 aromatic heterocycles. The van der Waals surface area contributed by atoms with E-state index in [0.717, 1.165) is 67.5 Å². The van der Waals surface area contributed by atoms with E-state index in [9.17, 15) is 0 Å². The second-order valence-corrected chi connectivity index (χ2v) is 7.32. The summed E-state index contributed by atoms with van der Waals surface area (Å²) in [6, 6.07) is 10.6. The maximum Gasteiger partial charge on any atom is 0.130 e. The molecule has 0 aliphatic heterocycles. The lowest BCUT2D eigenvalue weighted by Crippen LogP contribution is -2.12. The molecule has 1 atom stereocenters. The van der Waals surface area contributed by atoms with Crippen LogP contribution in [0.1, 0.15) is 52.0 Å². The zero-order valence-electron chi connectivity index (χ0n) is 15.8. The van der Waals surface area contributed by atoms with Crippen LogP contribution in [0.3, 0.4) is 0 Å². The highest BCUT2D eigenvalue weighted by Crippen LogP contribution is 2.37. The van der Waals surface area contributed by atoms with Gasteiger partial charge in [0.25, 0.3) is 0 Å². The van der Waals surface area contributed by atoms with Crippen LogP contribution < -0.4 is 9.47 Å². The van der Waals surface area contributed by atoms with E-state index in [2.05, 4.69) is 67.0 Å². The molecular formula is C22H31BrO2. The molecule has 138 valence electrons. The van der Waals surface area contributed by atoms with Gasteiger partial charge in [0.1, 0.15) is 11.5 Å². The summed E-state index contributed by atoms with van der Waals surface area (Å²) in [6.07, 6.45) is 5.46. The number of aryl methyl sites for hydroxylation is 1.